The molecule has 3 heteroatoms. The van der Waals surface area contributed by atoms with Crippen molar-refractivity contribution in [1.82, 2.24) is 0 Å². The number of carbonyl (C=O) groups excluding carboxylic acids is 1. The lowest BCUT2D eigenvalue weighted by atomic mass is 9.46. The van der Waals surface area contributed by atoms with E-state index in [1.165, 1.54) is 5.57 Å². The van der Waals surface area contributed by atoms with Crippen molar-refractivity contribution in [2.45, 2.75) is 77.9 Å². The van der Waals surface area contributed by atoms with E-state index in [0.29, 0.717) is 30.0 Å². The largest absolute Gasteiger partial charge is 0.365 e. The van der Waals surface area contributed by atoms with Crippen molar-refractivity contribution in [2.24, 2.45) is 34.5 Å². The molecule has 0 aromatic carbocycles. The number of hydrogen-bond donors (Lipinski definition) is 2. The van der Waals surface area contributed by atoms with Crippen molar-refractivity contribution >= 4 is 5.78 Å². The van der Waals surface area contributed by atoms with Crippen LogP contribution in [-0.4, -0.2) is 21.8 Å². The fourth-order valence-corrected chi connectivity index (χ4v) is 7.43. The zero-order chi connectivity index (χ0) is 17.3. The Labute approximate surface area is 145 Å². The molecule has 0 aliphatic heterocycles. The number of rotatable bonds is 1. The minimum Gasteiger partial charge on any atom is -0.365 e. The summed E-state index contributed by atoms with van der Waals surface area (Å²) in [6.45, 7) is 6.20. The Kier molecular flexibility index (Phi) is 3.61. The van der Waals surface area contributed by atoms with E-state index < -0.39 is 11.2 Å². The van der Waals surface area contributed by atoms with Gasteiger partial charge in [0.2, 0.25) is 0 Å². The molecule has 4 rings (SSSR count). The fourth-order valence-electron chi connectivity index (χ4n) is 7.43. The zero-order valence-corrected chi connectivity index (χ0v) is 15.3. The number of Topliss-reactive ketones (excluding diaryl/α,β-unsaturated/α-hetero) is 1. The Hall–Kier alpha value is -0.670. The third-order valence-electron chi connectivity index (χ3n) is 8.78. The Morgan fingerprint density at radius 3 is 2.58 bits per heavy atom. The van der Waals surface area contributed by atoms with E-state index in [1.54, 1.807) is 6.92 Å². The van der Waals surface area contributed by atoms with Crippen molar-refractivity contribution < 1.29 is 15.0 Å². The zero-order valence-electron chi connectivity index (χ0n) is 15.3. The predicted octanol–water partition coefficient (Wildman–Crippen LogP) is 3.84. The number of hydrogen-bond acceptors (Lipinski definition) is 3. The lowest BCUT2D eigenvalue weighted by molar-refractivity contribution is -0.269. The summed E-state index contributed by atoms with van der Waals surface area (Å²) < 4.78 is 0. The molecule has 4 aliphatic carbocycles. The summed E-state index contributed by atoms with van der Waals surface area (Å²) in [6.07, 6.45) is 10.0. The summed E-state index contributed by atoms with van der Waals surface area (Å²) in [7, 11) is 0. The molecule has 0 bridgehead atoms. The van der Waals surface area contributed by atoms with Crippen LogP contribution in [0.15, 0.2) is 11.6 Å². The van der Waals surface area contributed by atoms with Gasteiger partial charge in [0, 0.05) is 17.8 Å². The van der Waals surface area contributed by atoms with Crippen LogP contribution < -0.4 is 0 Å². The van der Waals surface area contributed by atoms with Gasteiger partial charge in [-0.3, -0.25) is 4.79 Å². The molecular formula is C21H32O3. The van der Waals surface area contributed by atoms with E-state index in [2.05, 4.69) is 19.9 Å². The average Bonchev–Trinajstić information content (AvgIpc) is 2.86. The van der Waals surface area contributed by atoms with E-state index in [4.69, 9.17) is 0 Å². The first-order valence-corrected chi connectivity index (χ1v) is 9.86. The first kappa shape index (κ1) is 16.8. The summed E-state index contributed by atoms with van der Waals surface area (Å²) in [6, 6.07) is 0. The highest BCUT2D eigenvalue weighted by molar-refractivity contribution is 5.79. The number of aliphatic hydroxyl groups is 2. The van der Waals surface area contributed by atoms with Gasteiger partial charge in [-0.15, -0.1) is 0 Å². The second-order valence-electron chi connectivity index (χ2n) is 9.50. The summed E-state index contributed by atoms with van der Waals surface area (Å²) in [5.41, 5.74) is 0.908. The maximum atomic E-state index is 12.2. The minimum absolute atomic E-state index is 0.122. The first-order chi connectivity index (χ1) is 11.2. The van der Waals surface area contributed by atoms with Gasteiger partial charge in [-0.2, -0.15) is 0 Å². The van der Waals surface area contributed by atoms with Crippen LogP contribution in [0.3, 0.4) is 0 Å². The molecule has 0 heterocycles. The molecule has 3 fully saturated rings. The minimum atomic E-state index is -1.58. The second-order valence-corrected chi connectivity index (χ2v) is 9.50. The van der Waals surface area contributed by atoms with E-state index in [9.17, 15) is 15.0 Å². The highest BCUT2D eigenvalue weighted by atomic mass is 16.5. The average molecular weight is 332 g/mol. The van der Waals surface area contributed by atoms with E-state index in [1.807, 2.05) is 0 Å². The quantitative estimate of drug-likeness (QED) is 0.567. The monoisotopic (exact) mass is 332 g/mol. The lowest BCUT2D eigenvalue weighted by Gasteiger charge is -2.60. The van der Waals surface area contributed by atoms with Crippen molar-refractivity contribution in [3.63, 3.8) is 0 Å². The van der Waals surface area contributed by atoms with Gasteiger partial charge in [0.15, 0.2) is 5.79 Å². The Bertz CT molecular complexity index is 592. The second kappa shape index (κ2) is 5.17. The van der Waals surface area contributed by atoms with E-state index in [-0.39, 0.29) is 11.3 Å². The molecule has 0 radical (unpaired) electrons. The molecule has 6 atom stereocenters. The van der Waals surface area contributed by atoms with Gasteiger partial charge < -0.3 is 10.2 Å². The molecule has 0 unspecified atom stereocenters. The molecule has 3 saturated carbocycles. The van der Waals surface area contributed by atoms with Crippen molar-refractivity contribution in [2.75, 3.05) is 0 Å². The van der Waals surface area contributed by atoms with Gasteiger partial charge in [-0.1, -0.05) is 25.5 Å². The van der Waals surface area contributed by atoms with Gasteiger partial charge in [-0.25, -0.2) is 0 Å². The van der Waals surface area contributed by atoms with Crippen molar-refractivity contribution in [3.8, 4) is 0 Å². The van der Waals surface area contributed by atoms with Crippen LogP contribution in [0.1, 0.15) is 72.1 Å². The summed E-state index contributed by atoms with van der Waals surface area (Å²) in [5, 5.41) is 21.7. The maximum Gasteiger partial charge on any atom is 0.172 e. The molecule has 3 nitrogen and oxygen atoms in total. The highest BCUT2D eigenvalue weighted by Gasteiger charge is 2.63. The molecule has 0 spiro atoms. The maximum absolute atomic E-state index is 12.2. The Morgan fingerprint density at radius 1 is 1.12 bits per heavy atom. The van der Waals surface area contributed by atoms with Gasteiger partial charge >= 0.3 is 0 Å². The standard InChI is InChI=1S/C21H32O3/c1-13(22)16-8-9-17-15-7-6-14-5-4-11-21(23,24)20(14,3)18(15)10-12-19(16,17)2/h6,15-18,23-24H,4-5,7-12H2,1-3H3/t15-,16-,17-,18-,19+,20-/m0/s1. The summed E-state index contributed by atoms with van der Waals surface area (Å²) in [4.78, 5) is 12.2. The van der Waals surface area contributed by atoms with Crippen LogP contribution in [0.2, 0.25) is 0 Å². The van der Waals surface area contributed by atoms with Gasteiger partial charge in [0.05, 0.1) is 0 Å². The third-order valence-corrected chi connectivity index (χ3v) is 8.78. The molecule has 24 heavy (non-hydrogen) atoms. The topological polar surface area (TPSA) is 57.5 Å². The molecule has 0 amide bonds. The summed E-state index contributed by atoms with van der Waals surface area (Å²) >= 11 is 0. The summed E-state index contributed by atoms with van der Waals surface area (Å²) in [5.74, 6) is 0.383. The normalized spacial score (nSPS) is 49.6. The molecule has 4 aliphatic rings. The van der Waals surface area contributed by atoms with Crippen LogP contribution in [-0.2, 0) is 4.79 Å². The van der Waals surface area contributed by atoms with E-state index in [0.717, 1.165) is 44.9 Å². The van der Waals surface area contributed by atoms with Crippen molar-refractivity contribution in [1.29, 1.82) is 0 Å². The number of carbonyl (C=O) groups is 1. The Morgan fingerprint density at radius 2 is 1.88 bits per heavy atom. The molecule has 0 aromatic heterocycles. The molecule has 0 saturated heterocycles. The van der Waals surface area contributed by atoms with Crippen molar-refractivity contribution in [3.05, 3.63) is 11.6 Å². The van der Waals surface area contributed by atoms with Crippen LogP contribution in [0, 0.1) is 34.5 Å². The number of allylic oxidation sites excluding steroid dienone is 1. The molecule has 134 valence electrons. The molecule has 2 N–H and O–H groups in total. The van der Waals surface area contributed by atoms with Gasteiger partial charge in [-0.05, 0) is 75.0 Å². The first-order valence-electron chi connectivity index (χ1n) is 9.86. The molecule has 0 aromatic rings. The van der Waals surface area contributed by atoms with Crippen LogP contribution in [0.25, 0.3) is 0 Å². The highest BCUT2D eigenvalue weighted by Crippen LogP contribution is 2.67. The fraction of sp³-hybridized carbons (Fsp3) is 0.857. The van der Waals surface area contributed by atoms with Gasteiger partial charge in [0.25, 0.3) is 0 Å². The van der Waals surface area contributed by atoms with Crippen LogP contribution >= 0.6 is 0 Å². The number of ketones is 1. The SMILES string of the molecule is CC(=O)[C@@H]1CC[C@H]2[C@@H]3CC=C4CCCC(O)(O)[C@]4(C)[C@H]3CC[C@]12C. The third kappa shape index (κ3) is 1.94. The van der Waals surface area contributed by atoms with Crippen LogP contribution in [0.5, 0.6) is 0 Å². The lowest BCUT2D eigenvalue weighted by Crippen LogP contribution is -2.60. The van der Waals surface area contributed by atoms with Gasteiger partial charge in [0.1, 0.15) is 5.78 Å². The smallest absolute Gasteiger partial charge is 0.172 e. The number of fused-ring (bicyclic) bond motifs is 5. The Balaban J connectivity index is 1.73. The van der Waals surface area contributed by atoms with Crippen LogP contribution in [0.4, 0.5) is 0 Å². The van der Waals surface area contributed by atoms with E-state index >= 15 is 0 Å². The molecular weight excluding hydrogens is 300 g/mol. The predicted molar refractivity (Wildman–Crippen MR) is 93.0 cm³/mol.